The van der Waals surface area contributed by atoms with Crippen LogP contribution in [0.2, 0.25) is 0 Å². The number of carbonyl (C=O) groups excluding carboxylic acids is 2. The second kappa shape index (κ2) is 7.50. The van der Waals surface area contributed by atoms with Crippen molar-refractivity contribution in [3.63, 3.8) is 0 Å². The van der Waals surface area contributed by atoms with Crippen molar-refractivity contribution >= 4 is 22.8 Å². The highest BCUT2D eigenvalue weighted by Crippen LogP contribution is 2.22. The van der Waals surface area contributed by atoms with Crippen LogP contribution in [0.5, 0.6) is 0 Å². The number of amides is 1. The molecular weight excluding hydrogens is 332 g/mol. The number of benzene rings is 1. The molecule has 1 aromatic heterocycles. The Balaban J connectivity index is 1.49. The Morgan fingerprint density at radius 3 is 2.62 bits per heavy atom. The topological polar surface area (TPSA) is 71.8 Å². The highest BCUT2D eigenvalue weighted by Gasteiger charge is 2.25. The van der Waals surface area contributed by atoms with Crippen LogP contribution in [0.15, 0.2) is 34.9 Å². The van der Waals surface area contributed by atoms with Crippen molar-refractivity contribution in [2.45, 2.75) is 45.3 Å². The Morgan fingerprint density at radius 2 is 1.92 bits per heavy atom. The van der Waals surface area contributed by atoms with Gasteiger partial charge in [0.1, 0.15) is 17.4 Å². The van der Waals surface area contributed by atoms with E-state index in [9.17, 15) is 9.59 Å². The van der Waals surface area contributed by atoms with E-state index in [1.807, 2.05) is 45.0 Å². The summed E-state index contributed by atoms with van der Waals surface area (Å²) in [5.41, 5.74) is 0.871. The van der Waals surface area contributed by atoms with Gasteiger partial charge in [0.25, 0.3) is 0 Å². The van der Waals surface area contributed by atoms with Gasteiger partial charge in [-0.05, 0) is 39.7 Å². The molecule has 140 valence electrons. The minimum Gasteiger partial charge on any atom is -0.464 e. The number of para-hydroxylation sites is 1. The van der Waals surface area contributed by atoms with Crippen LogP contribution in [0.4, 0.5) is 4.79 Å². The van der Waals surface area contributed by atoms with Crippen LogP contribution in [-0.4, -0.2) is 48.1 Å². The van der Waals surface area contributed by atoms with Gasteiger partial charge in [0.05, 0.1) is 12.1 Å². The summed E-state index contributed by atoms with van der Waals surface area (Å²) in [6.07, 6.45) is 2.78. The maximum absolute atomic E-state index is 12.6. The standard InChI is InChI=1S/C20H26N2O4/c1-20(2,3)26-19(24)21-14-8-10-22(11-9-14)12-17(23)16-13-25-18-7-5-4-6-15(16)18/h4-7,13-14H,8-12H2,1-3H3,(H,21,24). The molecule has 1 aromatic carbocycles. The number of ketones is 1. The van der Waals surface area contributed by atoms with Gasteiger partial charge in [-0.1, -0.05) is 18.2 Å². The van der Waals surface area contributed by atoms with E-state index >= 15 is 0 Å². The first-order chi connectivity index (χ1) is 12.3. The molecule has 0 saturated carbocycles. The zero-order valence-electron chi connectivity index (χ0n) is 15.6. The Kier molecular flexibility index (Phi) is 5.32. The monoisotopic (exact) mass is 358 g/mol. The van der Waals surface area contributed by atoms with Crippen LogP contribution in [0.1, 0.15) is 44.0 Å². The molecule has 6 heteroatoms. The molecule has 0 atom stereocenters. The number of alkyl carbamates (subject to hydrolysis) is 1. The molecule has 1 aliphatic heterocycles. The van der Waals surface area contributed by atoms with E-state index < -0.39 is 5.60 Å². The third-order valence-electron chi connectivity index (χ3n) is 4.46. The Morgan fingerprint density at radius 1 is 1.23 bits per heavy atom. The van der Waals surface area contributed by atoms with Crippen molar-refractivity contribution in [2.24, 2.45) is 0 Å². The summed E-state index contributed by atoms with van der Waals surface area (Å²) in [7, 11) is 0. The first kappa shape index (κ1) is 18.5. The van der Waals surface area contributed by atoms with Gasteiger partial charge in [0.2, 0.25) is 0 Å². The lowest BCUT2D eigenvalue weighted by molar-refractivity contribution is 0.0476. The predicted octanol–water partition coefficient (Wildman–Crippen LogP) is 3.60. The molecule has 0 bridgehead atoms. The van der Waals surface area contributed by atoms with Gasteiger partial charge in [0.15, 0.2) is 5.78 Å². The van der Waals surface area contributed by atoms with Crippen LogP contribution in [0, 0.1) is 0 Å². The number of Topliss-reactive ketones (excluding diaryl/α,β-unsaturated/α-hetero) is 1. The number of carbonyl (C=O) groups is 2. The van der Waals surface area contributed by atoms with Gasteiger partial charge in [0, 0.05) is 24.5 Å². The molecular formula is C20H26N2O4. The summed E-state index contributed by atoms with van der Waals surface area (Å²) in [5.74, 6) is 0.0634. The number of hydrogen-bond donors (Lipinski definition) is 1. The number of furan rings is 1. The Labute approximate surface area is 153 Å². The van der Waals surface area contributed by atoms with Gasteiger partial charge < -0.3 is 14.5 Å². The Bertz CT molecular complexity index is 782. The highest BCUT2D eigenvalue weighted by atomic mass is 16.6. The summed E-state index contributed by atoms with van der Waals surface area (Å²) >= 11 is 0. The van der Waals surface area contributed by atoms with E-state index in [-0.39, 0.29) is 17.9 Å². The summed E-state index contributed by atoms with van der Waals surface area (Å²) in [6, 6.07) is 7.65. The van der Waals surface area contributed by atoms with E-state index in [2.05, 4.69) is 10.2 Å². The van der Waals surface area contributed by atoms with Gasteiger partial charge in [-0.15, -0.1) is 0 Å². The first-order valence-corrected chi connectivity index (χ1v) is 9.03. The van der Waals surface area contributed by atoms with Gasteiger partial charge in [-0.25, -0.2) is 4.79 Å². The predicted molar refractivity (Wildman–Crippen MR) is 99.4 cm³/mol. The molecule has 6 nitrogen and oxygen atoms in total. The van der Waals surface area contributed by atoms with Crippen LogP contribution >= 0.6 is 0 Å². The molecule has 2 heterocycles. The molecule has 3 rings (SSSR count). The lowest BCUT2D eigenvalue weighted by Crippen LogP contribution is -2.47. The van der Waals surface area contributed by atoms with Crippen LogP contribution < -0.4 is 5.32 Å². The SMILES string of the molecule is CC(C)(C)OC(=O)NC1CCN(CC(=O)c2coc3ccccc23)CC1. The van der Waals surface area contributed by atoms with Gasteiger partial charge >= 0.3 is 6.09 Å². The molecule has 1 fully saturated rings. The van der Waals surface area contributed by atoms with E-state index in [1.54, 1.807) is 6.26 Å². The average Bonchev–Trinajstić information content (AvgIpc) is 2.99. The highest BCUT2D eigenvalue weighted by molar-refractivity contribution is 6.08. The Hall–Kier alpha value is -2.34. The van der Waals surface area contributed by atoms with Crippen molar-refractivity contribution in [2.75, 3.05) is 19.6 Å². The summed E-state index contributed by atoms with van der Waals surface area (Å²) in [4.78, 5) is 26.6. The zero-order valence-corrected chi connectivity index (χ0v) is 15.6. The smallest absolute Gasteiger partial charge is 0.407 e. The normalized spacial score (nSPS) is 16.6. The number of ether oxygens (including phenoxy) is 1. The minimum absolute atomic E-state index is 0.0634. The van der Waals surface area contributed by atoms with E-state index in [0.717, 1.165) is 36.9 Å². The largest absolute Gasteiger partial charge is 0.464 e. The number of nitrogens with zero attached hydrogens (tertiary/aromatic N) is 1. The number of likely N-dealkylation sites (tertiary alicyclic amines) is 1. The molecule has 0 spiro atoms. The number of fused-ring (bicyclic) bond motifs is 1. The molecule has 0 radical (unpaired) electrons. The van der Waals surface area contributed by atoms with Gasteiger partial charge in [-0.2, -0.15) is 0 Å². The van der Waals surface area contributed by atoms with Gasteiger partial charge in [-0.3, -0.25) is 9.69 Å². The fraction of sp³-hybridized carbons (Fsp3) is 0.500. The quantitative estimate of drug-likeness (QED) is 0.846. The van der Waals surface area contributed by atoms with Crippen molar-refractivity contribution < 1.29 is 18.7 Å². The molecule has 1 N–H and O–H groups in total. The number of nitrogens with one attached hydrogen (secondary N) is 1. The first-order valence-electron chi connectivity index (χ1n) is 9.03. The molecule has 0 unspecified atom stereocenters. The third kappa shape index (κ3) is 4.64. The third-order valence-corrected chi connectivity index (χ3v) is 4.46. The number of hydrogen-bond acceptors (Lipinski definition) is 5. The van der Waals surface area contributed by atoms with Crippen LogP contribution in [0.3, 0.4) is 0 Å². The summed E-state index contributed by atoms with van der Waals surface area (Å²) < 4.78 is 10.8. The van der Waals surface area contributed by atoms with Crippen LogP contribution in [-0.2, 0) is 4.74 Å². The second-order valence-corrected chi connectivity index (χ2v) is 7.77. The molecule has 1 saturated heterocycles. The van der Waals surface area contributed by atoms with E-state index in [0.29, 0.717) is 12.1 Å². The molecule has 26 heavy (non-hydrogen) atoms. The average molecular weight is 358 g/mol. The maximum atomic E-state index is 12.6. The molecule has 1 aliphatic rings. The second-order valence-electron chi connectivity index (χ2n) is 7.77. The molecule has 2 aromatic rings. The van der Waals surface area contributed by atoms with Crippen molar-refractivity contribution in [3.8, 4) is 0 Å². The summed E-state index contributed by atoms with van der Waals surface area (Å²) in [5, 5.41) is 3.77. The maximum Gasteiger partial charge on any atom is 0.407 e. The van der Waals surface area contributed by atoms with E-state index in [1.165, 1.54) is 0 Å². The fourth-order valence-electron chi connectivity index (χ4n) is 3.19. The number of rotatable bonds is 4. The lowest BCUT2D eigenvalue weighted by atomic mass is 10.0. The van der Waals surface area contributed by atoms with Crippen LogP contribution in [0.25, 0.3) is 11.0 Å². The number of piperidine rings is 1. The molecule has 1 amide bonds. The summed E-state index contributed by atoms with van der Waals surface area (Å²) in [6.45, 7) is 7.44. The zero-order chi connectivity index (χ0) is 18.7. The van der Waals surface area contributed by atoms with Crippen molar-refractivity contribution in [1.82, 2.24) is 10.2 Å². The molecule has 0 aliphatic carbocycles. The fourth-order valence-corrected chi connectivity index (χ4v) is 3.19. The minimum atomic E-state index is -0.495. The van der Waals surface area contributed by atoms with Crippen molar-refractivity contribution in [3.05, 3.63) is 36.1 Å². The van der Waals surface area contributed by atoms with Crippen molar-refractivity contribution in [1.29, 1.82) is 0 Å². The lowest BCUT2D eigenvalue weighted by Gasteiger charge is -2.32. The van der Waals surface area contributed by atoms with E-state index in [4.69, 9.17) is 9.15 Å².